The Labute approximate surface area is 197 Å². The molecule has 34 heavy (non-hydrogen) atoms. The molecule has 2 heterocycles. The van der Waals surface area contributed by atoms with Crippen molar-refractivity contribution in [3.05, 3.63) is 90.1 Å². The molecule has 3 aromatic carbocycles. The highest BCUT2D eigenvalue weighted by molar-refractivity contribution is 7.85. The highest BCUT2D eigenvalue weighted by Gasteiger charge is 2.11. The fourth-order valence-corrected chi connectivity index (χ4v) is 4.62. The van der Waals surface area contributed by atoms with Gasteiger partial charge in [0.05, 0.1) is 21.6 Å². The molecule has 0 saturated carbocycles. The molecule has 0 bridgehead atoms. The van der Waals surface area contributed by atoms with Gasteiger partial charge in [0, 0.05) is 24.0 Å². The van der Waals surface area contributed by atoms with Crippen LogP contribution in [0, 0.1) is 6.92 Å². The van der Waals surface area contributed by atoms with Crippen LogP contribution in [-0.4, -0.2) is 33.9 Å². The van der Waals surface area contributed by atoms with Gasteiger partial charge in [0.2, 0.25) is 5.78 Å². The summed E-state index contributed by atoms with van der Waals surface area (Å²) in [5.41, 5.74) is 6.69. The van der Waals surface area contributed by atoms with Crippen LogP contribution in [0.5, 0.6) is 0 Å². The average Bonchev–Trinajstić information content (AvgIpc) is 3.20. The number of aryl methyl sites for hydroxylation is 2. The summed E-state index contributed by atoms with van der Waals surface area (Å²) in [7, 11) is -4.20. The number of anilines is 1. The van der Waals surface area contributed by atoms with Gasteiger partial charge < -0.3 is 5.32 Å². The second-order valence-electron chi connectivity index (χ2n) is 8.26. The Morgan fingerprint density at radius 1 is 0.971 bits per heavy atom. The van der Waals surface area contributed by atoms with Crippen molar-refractivity contribution < 1.29 is 13.0 Å². The van der Waals surface area contributed by atoms with Gasteiger partial charge in [-0.05, 0) is 73.4 Å². The lowest BCUT2D eigenvalue weighted by atomic mass is 10.0. The van der Waals surface area contributed by atoms with Crippen molar-refractivity contribution in [3.8, 4) is 11.3 Å². The van der Waals surface area contributed by atoms with E-state index in [1.165, 1.54) is 6.07 Å². The lowest BCUT2D eigenvalue weighted by molar-refractivity contribution is 0.483. The molecule has 0 atom stereocenters. The predicted octanol–water partition coefficient (Wildman–Crippen LogP) is 5.15. The molecule has 5 aromatic rings. The highest BCUT2D eigenvalue weighted by atomic mass is 32.2. The number of nitrogens with zero attached hydrogens (tertiary/aromatic N) is 3. The van der Waals surface area contributed by atoms with Gasteiger partial charge in [-0.15, -0.1) is 0 Å². The first-order valence-corrected chi connectivity index (χ1v) is 12.5. The first kappa shape index (κ1) is 22.1. The summed E-state index contributed by atoms with van der Waals surface area (Å²) < 4.78 is 34.1. The number of imidazole rings is 1. The summed E-state index contributed by atoms with van der Waals surface area (Å²) in [5.74, 6) is 0.666. The maximum absolute atomic E-state index is 11.4. The lowest BCUT2D eigenvalue weighted by Crippen LogP contribution is -2.05. The van der Waals surface area contributed by atoms with E-state index in [1.54, 1.807) is 12.1 Å². The Morgan fingerprint density at radius 3 is 2.68 bits per heavy atom. The van der Waals surface area contributed by atoms with Gasteiger partial charge in [-0.1, -0.05) is 30.3 Å². The average molecular weight is 473 g/mol. The molecule has 2 N–H and O–H groups in total. The number of nitrogens with one attached hydrogen (secondary N) is 1. The zero-order valence-electron chi connectivity index (χ0n) is 18.6. The van der Waals surface area contributed by atoms with E-state index in [4.69, 9.17) is 4.98 Å². The van der Waals surface area contributed by atoms with Gasteiger partial charge in [0.1, 0.15) is 0 Å². The Morgan fingerprint density at radius 2 is 1.82 bits per heavy atom. The van der Waals surface area contributed by atoms with Gasteiger partial charge in [0.25, 0.3) is 10.1 Å². The van der Waals surface area contributed by atoms with E-state index < -0.39 is 10.1 Å². The molecule has 5 rings (SSSR count). The highest BCUT2D eigenvalue weighted by Crippen LogP contribution is 2.23. The van der Waals surface area contributed by atoms with E-state index in [1.807, 2.05) is 66.1 Å². The third-order valence-electron chi connectivity index (χ3n) is 5.91. The minimum atomic E-state index is -4.20. The SMILES string of the molecule is Cc1ccc(S(=O)(=O)O)cc1CCCNc1cccc(-c2ccn3c(n2)nc2ccccc23)c1. The minimum absolute atomic E-state index is 0.0661. The van der Waals surface area contributed by atoms with E-state index >= 15 is 0 Å². The second kappa shape index (κ2) is 8.89. The first-order valence-electron chi connectivity index (χ1n) is 11.0. The quantitative estimate of drug-likeness (QED) is 0.251. The van der Waals surface area contributed by atoms with Crippen LogP contribution in [-0.2, 0) is 16.5 Å². The van der Waals surface area contributed by atoms with Crippen LogP contribution < -0.4 is 5.32 Å². The van der Waals surface area contributed by atoms with Crippen LogP contribution in [0.2, 0.25) is 0 Å². The lowest BCUT2D eigenvalue weighted by Gasteiger charge is -2.10. The topological polar surface area (TPSA) is 96.6 Å². The third kappa shape index (κ3) is 4.50. The number of aromatic nitrogens is 3. The van der Waals surface area contributed by atoms with Crippen LogP contribution in [0.3, 0.4) is 0 Å². The molecule has 0 radical (unpaired) electrons. The molecule has 172 valence electrons. The summed E-state index contributed by atoms with van der Waals surface area (Å²) in [6.07, 6.45) is 3.51. The van der Waals surface area contributed by atoms with Crippen molar-refractivity contribution in [1.29, 1.82) is 0 Å². The number of hydrogen-bond acceptors (Lipinski definition) is 5. The third-order valence-corrected chi connectivity index (χ3v) is 6.76. The zero-order valence-corrected chi connectivity index (χ0v) is 19.5. The fourth-order valence-electron chi connectivity index (χ4n) is 4.09. The minimum Gasteiger partial charge on any atom is -0.385 e. The normalized spacial score (nSPS) is 11.8. The van der Waals surface area contributed by atoms with E-state index in [-0.39, 0.29) is 4.90 Å². The maximum Gasteiger partial charge on any atom is 0.294 e. The second-order valence-corrected chi connectivity index (χ2v) is 9.68. The van der Waals surface area contributed by atoms with Gasteiger partial charge in [-0.2, -0.15) is 8.42 Å². The molecule has 0 fully saturated rings. The van der Waals surface area contributed by atoms with Crippen LogP contribution in [0.15, 0.2) is 83.9 Å². The van der Waals surface area contributed by atoms with Crippen molar-refractivity contribution >= 4 is 32.6 Å². The Kier molecular flexibility index (Phi) is 5.77. The molecule has 0 saturated heterocycles. The predicted molar refractivity (Wildman–Crippen MR) is 134 cm³/mol. The van der Waals surface area contributed by atoms with Gasteiger partial charge in [-0.3, -0.25) is 8.95 Å². The molecular formula is C26H24N4O3S. The number of hydrogen-bond donors (Lipinski definition) is 2. The molecular weight excluding hydrogens is 448 g/mol. The van der Waals surface area contributed by atoms with Crippen molar-refractivity contribution in [2.24, 2.45) is 0 Å². The standard InChI is InChI=1S/C26H24N4O3S/c1-18-11-12-22(34(31,32)33)17-19(18)7-5-14-27-21-8-4-6-20(16-21)23-13-15-30-25-10-3-2-9-24(25)29-26(30)28-23/h2-4,6,8-13,15-17,27H,5,7,14H2,1H3,(H,31,32,33). The van der Waals surface area contributed by atoms with Crippen LogP contribution in [0.1, 0.15) is 17.5 Å². The van der Waals surface area contributed by atoms with Crippen molar-refractivity contribution in [2.75, 3.05) is 11.9 Å². The molecule has 0 aliphatic rings. The molecule has 2 aromatic heterocycles. The zero-order chi connectivity index (χ0) is 23.7. The van der Waals surface area contributed by atoms with E-state index in [2.05, 4.69) is 16.4 Å². The van der Waals surface area contributed by atoms with Crippen LogP contribution in [0.25, 0.3) is 28.1 Å². The van der Waals surface area contributed by atoms with E-state index in [0.29, 0.717) is 12.2 Å². The number of para-hydroxylation sites is 2. The van der Waals surface area contributed by atoms with Crippen molar-refractivity contribution in [1.82, 2.24) is 14.4 Å². The summed E-state index contributed by atoms with van der Waals surface area (Å²) in [6, 6.07) is 22.7. The maximum atomic E-state index is 11.4. The Hall–Kier alpha value is -3.75. The molecule has 0 spiro atoms. The largest absolute Gasteiger partial charge is 0.385 e. The first-order chi connectivity index (χ1) is 16.4. The van der Waals surface area contributed by atoms with Gasteiger partial charge in [-0.25, -0.2) is 9.97 Å². The molecule has 7 nitrogen and oxygen atoms in total. The van der Waals surface area contributed by atoms with E-state index in [9.17, 15) is 13.0 Å². The Balaban J connectivity index is 1.27. The van der Waals surface area contributed by atoms with Crippen LogP contribution >= 0.6 is 0 Å². The molecule has 0 amide bonds. The summed E-state index contributed by atoms with van der Waals surface area (Å²) >= 11 is 0. The number of fused-ring (bicyclic) bond motifs is 3. The monoisotopic (exact) mass is 472 g/mol. The number of benzene rings is 3. The number of rotatable bonds is 7. The van der Waals surface area contributed by atoms with Crippen molar-refractivity contribution in [3.63, 3.8) is 0 Å². The van der Waals surface area contributed by atoms with Crippen LogP contribution in [0.4, 0.5) is 5.69 Å². The summed E-state index contributed by atoms with van der Waals surface area (Å²) in [4.78, 5) is 9.31. The summed E-state index contributed by atoms with van der Waals surface area (Å²) in [6.45, 7) is 2.66. The smallest absolute Gasteiger partial charge is 0.294 e. The van der Waals surface area contributed by atoms with Crippen molar-refractivity contribution in [2.45, 2.75) is 24.7 Å². The molecule has 0 unspecified atom stereocenters. The molecule has 8 heteroatoms. The van der Waals surface area contributed by atoms with E-state index in [0.717, 1.165) is 52.1 Å². The van der Waals surface area contributed by atoms with Gasteiger partial charge >= 0.3 is 0 Å². The fraction of sp³-hybridized carbons (Fsp3) is 0.154. The molecule has 0 aliphatic carbocycles. The molecule has 0 aliphatic heterocycles. The van der Waals surface area contributed by atoms with Gasteiger partial charge in [0.15, 0.2) is 0 Å². The Bertz CT molecular complexity index is 1610. The summed E-state index contributed by atoms with van der Waals surface area (Å²) in [5, 5.41) is 3.43.